The van der Waals surface area contributed by atoms with Gasteiger partial charge in [-0.1, -0.05) is 45.0 Å². The molecule has 0 unspecified atom stereocenters. The van der Waals surface area contributed by atoms with Gasteiger partial charge in [0, 0.05) is 16.5 Å². The van der Waals surface area contributed by atoms with Crippen LogP contribution < -0.4 is 0 Å². The van der Waals surface area contributed by atoms with Crippen LogP contribution in [0.15, 0.2) is 24.3 Å². The first-order valence-electron chi connectivity index (χ1n) is 5.38. The highest BCUT2D eigenvalue weighted by Gasteiger charge is 2.26. The van der Waals surface area contributed by atoms with E-state index in [1.54, 1.807) is 6.07 Å². The largest absolute Gasteiger partial charge is 0.294 e. The molecule has 0 saturated heterocycles. The summed E-state index contributed by atoms with van der Waals surface area (Å²) in [5.41, 5.74) is 0.905. The van der Waals surface area contributed by atoms with E-state index < -0.39 is 5.41 Å². The van der Waals surface area contributed by atoms with Crippen molar-refractivity contribution in [2.45, 2.75) is 20.8 Å². The molecular weight excluding hydrogens is 216 g/mol. The van der Waals surface area contributed by atoms with Crippen molar-refractivity contribution < 1.29 is 4.79 Å². The van der Waals surface area contributed by atoms with Crippen molar-refractivity contribution in [2.24, 2.45) is 5.41 Å². The summed E-state index contributed by atoms with van der Waals surface area (Å²) in [5.74, 6) is 0.510. The van der Waals surface area contributed by atoms with E-state index in [9.17, 15) is 4.79 Å². The lowest BCUT2D eigenvalue weighted by molar-refractivity contribution is 0.0859. The zero-order valence-electron chi connectivity index (χ0n) is 10.1. The fourth-order valence-corrected chi connectivity index (χ4v) is 1.56. The number of tetrazole rings is 1. The number of rotatable bonds is 2. The number of aromatic amines is 1. The van der Waals surface area contributed by atoms with Crippen molar-refractivity contribution in [2.75, 3.05) is 0 Å². The highest BCUT2D eigenvalue weighted by Crippen LogP contribution is 2.27. The van der Waals surface area contributed by atoms with Gasteiger partial charge in [0.15, 0.2) is 5.78 Å². The monoisotopic (exact) mass is 230 g/mol. The van der Waals surface area contributed by atoms with Crippen molar-refractivity contribution in [3.63, 3.8) is 0 Å². The molecule has 5 nitrogen and oxygen atoms in total. The molecule has 2 rings (SSSR count). The molecule has 0 atom stereocenters. The highest BCUT2D eigenvalue weighted by molar-refractivity contribution is 6.04. The van der Waals surface area contributed by atoms with Crippen molar-refractivity contribution >= 4 is 5.78 Å². The Hall–Kier alpha value is -2.04. The summed E-state index contributed by atoms with van der Waals surface area (Å²) in [7, 11) is 0. The second-order valence-corrected chi connectivity index (χ2v) is 4.86. The number of hydrogen-bond acceptors (Lipinski definition) is 4. The Kier molecular flexibility index (Phi) is 2.75. The molecule has 2 aromatic rings. The van der Waals surface area contributed by atoms with Crippen LogP contribution in [0.3, 0.4) is 0 Å². The SMILES string of the molecule is CC(C)(C)C(=O)c1ccccc1-c1nn[nH]n1. The molecule has 88 valence electrons. The van der Waals surface area contributed by atoms with Gasteiger partial charge in [0.05, 0.1) is 0 Å². The summed E-state index contributed by atoms with van der Waals surface area (Å²) in [4.78, 5) is 12.3. The fraction of sp³-hybridized carbons (Fsp3) is 0.333. The van der Waals surface area contributed by atoms with Gasteiger partial charge in [0.25, 0.3) is 0 Å². The van der Waals surface area contributed by atoms with Gasteiger partial charge in [0.2, 0.25) is 5.82 Å². The molecule has 0 aliphatic carbocycles. The van der Waals surface area contributed by atoms with Crippen LogP contribution in [0.5, 0.6) is 0 Å². The van der Waals surface area contributed by atoms with Gasteiger partial charge in [-0.05, 0) is 5.21 Å². The van der Waals surface area contributed by atoms with Crippen molar-refractivity contribution in [1.82, 2.24) is 20.6 Å². The minimum atomic E-state index is -0.431. The van der Waals surface area contributed by atoms with Crippen LogP contribution >= 0.6 is 0 Å². The lowest BCUT2D eigenvalue weighted by atomic mass is 9.84. The van der Waals surface area contributed by atoms with E-state index in [4.69, 9.17) is 0 Å². The lowest BCUT2D eigenvalue weighted by Crippen LogP contribution is -2.21. The molecule has 0 aliphatic heterocycles. The quantitative estimate of drug-likeness (QED) is 0.802. The molecule has 0 bridgehead atoms. The highest BCUT2D eigenvalue weighted by atomic mass is 16.1. The van der Waals surface area contributed by atoms with E-state index in [1.807, 2.05) is 39.0 Å². The number of nitrogens with zero attached hydrogens (tertiary/aromatic N) is 3. The third-order valence-electron chi connectivity index (χ3n) is 2.44. The molecule has 17 heavy (non-hydrogen) atoms. The van der Waals surface area contributed by atoms with Gasteiger partial charge in [-0.2, -0.15) is 5.21 Å². The molecule has 0 amide bonds. The number of Topliss-reactive ketones (excluding diaryl/α,β-unsaturated/α-hetero) is 1. The number of nitrogens with one attached hydrogen (secondary N) is 1. The van der Waals surface area contributed by atoms with Gasteiger partial charge in [0.1, 0.15) is 0 Å². The average Bonchev–Trinajstić information content (AvgIpc) is 2.80. The van der Waals surface area contributed by atoms with Crippen LogP contribution in [0, 0.1) is 5.41 Å². The number of benzene rings is 1. The minimum Gasteiger partial charge on any atom is -0.294 e. The molecule has 0 fully saturated rings. The van der Waals surface area contributed by atoms with Crippen LogP contribution in [0.2, 0.25) is 0 Å². The van der Waals surface area contributed by atoms with E-state index in [2.05, 4.69) is 20.6 Å². The van der Waals surface area contributed by atoms with Gasteiger partial charge in [-0.15, -0.1) is 10.2 Å². The molecule has 1 aromatic carbocycles. The molecule has 0 aliphatic rings. The van der Waals surface area contributed by atoms with Crippen molar-refractivity contribution in [3.8, 4) is 11.4 Å². The van der Waals surface area contributed by atoms with Crippen molar-refractivity contribution in [1.29, 1.82) is 0 Å². The summed E-state index contributed by atoms with van der Waals surface area (Å²) < 4.78 is 0. The van der Waals surface area contributed by atoms with Crippen LogP contribution in [0.25, 0.3) is 11.4 Å². The standard InChI is InChI=1S/C12H14N4O/c1-12(2,3)10(17)8-6-4-5-7-9(8)11-13-15-16-14-11/h4-7H,1-3H3,(H,13,14,15,16). The molecule has 5 heteroatoms. The van der Waals surface area contributed by atoms with E-state index in [0.29, 0.717) is 17.0 Å². The summed E-state index contributed by atoms with van der Waals surface area (Å²) in [6.45, 7) is 5.67. The predicted octanol–water partition coefficient (Wildman–Crippen LogP) is 2.10. The average molecular weight is 230 g/mol. The predicted molar refractivity (Wildman–Crippen MR) is 63.4 cm³/mol. The summed E-state index contributed by atoms with van der Waals surface area (Å²) in [6, 6.07) is 7.30. The topological polar surface area (TPSA) is 71.5 Å². The number of H-pyrrole nitrogens is 1. The van der Waals surface area contributed by atoms with Gasteiger partial charge >= 0.3 is 0 Å². The summed E-state index contributed by atoms with van der Waals surface area (Å²) in [6.07, 6.45) is 0. The minimum absolute atomic E-state index is 0.0675. The molecule has 0 saturated carbocycles. The Balaban J connectivity index is 2.53. The molecule has 1 aromatic heterocycles. The second kappa shape index (κ2) is 4.08. The van der Waals surface area contributed by atoms with E-state index in [1.165, 1.54) is 0 Å². The zero-order valence-corrected chi connectivity index (χ0v) is 10.1. The number of carbonyl (C=O) groups excluding carboxylic acids is 1. The van der Waals surface area contributed by atoms with Crippen LogP contribution in [-0.2, 0) is 0 Å². The molecule has 0 radical (unpaired) electrons. The number of ketones is 1. The first kappa shape index (κ1) is 11.4. The van der Waals surface area contributed by atoms with Crippen molar-refractivity contribution in [3.05, 3.63) is 29.8 Å². The smallest absolute Gasteiger partial charge is 0.205 e. The Morgan fingerprint density at radius 2 is 1.94 bits per heavy atom. The van der Waals surface area contributed by atoms with Gasteiger partial charge in [-0.3, -0.25) is 4.79 Å². The first-order valence-corrected chi connectivity index (χ1v) is 5.38. The maximum absolute atomic E-state index is 12.3. The van der Waals surface area contributed by atoms with Crippen LogP contribution in [-0.4, -0.2) is 26.4 Å². The number of carbonyl (C=O) groups is 1. The third kappa shape index (κ3) is 2.22. The van der Waals surface area contributed by atoms with Gasteiger partial charge < -0.3 is 0 Å². The molecule has 1 N–H and O–H groups in total. The van der Waals surface area contributed by atoms with E-state index in [0.717, 1.165) is 0 Å². The Morgan fingerprint density at radius 1 is 1.24 bits per heavy atom. The lowest BCUT2D eigenvalue weighted by Gasteiger charge is -2.17. The molecular formula is C12H14N4O. The Morgan fingerprint density at radius 3 is 2.53 bits per heavy atom. The fourth-order valence-electron chi connectivity index (χ4n) is 1.56. The Labute approximate surface area is 99.2 Å². The van der Waals surface area contributed by atoms with Gasteiger partial charge in [-0.25, -0.2) is 0 Å². The maximum Gasteiger partial charge on any atom is 0.205 e. The zero-order chi connectivity index (χ0) is 12.5. The number of hydrogen-bond donors (Lipinski definition) is 1. The van der Waals surface area contributed by atoms with Crippen LogP contribution in [0.4, 0.5) is 0 Å². The maximum atomic E-state index is 12.3. The summed E-state index contributed by atoms with van der Waals surface area (Å²) >= 11 is 0. The normalized spacial score (nSPS) is 11.5. The Bertz CT molecular complexity index is 526. The number of aromatic nitrogens is 4. The van der Waals surface area contributed by atoms with Crippen LogP contribution in [0.1, 0.15) is 31.1 Å². The molecule has 1 heterocycles. The van der Waals surface area contributed by atoms with E-state index in [-0.39, 0.29) is 5.78 Å². The first-order chi connectivity index (χ1) is 8.00. The van der Waals surface area contributed by atoms with E-state index >= 15 is 0 Å². The second-order valence-electron chi connectivity index (χ2n) is 4.86. The summed E-state index contributed by atoms with van der Waals surface area (Å²) in [5, 5.41) is 13.7. The molecule has 0 spiro atoms. The third-order valence-corrected chi connectivity index (χ3v) is 2.44.